The SMILES string of the molecule is CC(=O)NCCN(CCNC(=O)CCN1CCC(CCCC2CCN(CCC(C)(C)C)CC2)CC1)CC(O)CO. The largest absolute Gasteiger partial charge is 0.394 e. The van der Waals surface area contributed by atoms with Crippen LogP contribution in [0.5, 0.6) is 0 Å². The fourth-order valence-electron chi connectivity index (χ4n) is 5.93. The van der Waals surface area contributed by atoms with E-state index in [2.05, 4.69) is 41.2 Å². The molecule has 2 fully saturated rings. The average molecular weight is 568 g/mol. The molecule has 0 saturated carbocycles. The zero-order chi connectivity index (χ0) is 29.4. The van der Waals surface area contributed by atoms with Crippen LogP contribution in [0, 0.1) is 17.3 Å². The first kappa shape index (κ1) is 34.9. The molecule has 2 rings (SSSR count). The van der Waals surface area contributed by atoms with Crippen molar-refractivity contribution in [3.8, 4) is 0 Å². The predicted molar refractivity (Wildman–Crippen MR) is 162 cm³/mol. The van der Waals surface area contributed by atoms with Gasteiger partial charge in [-0.1, -0.05) is 40.0 Å². The minimum atomic E-state index is -0.836. The van der Waals surface area contributed by atoms with Gasteiger partial charge in [0.25, 0.3) is 0 Å². The minimum absolute atomic E-state index is 0.0519. The van der Waals surface area contributed by atoms with Crippen molar-refractivity contribution in [2.75, 3.05) is 78.6 Å². The summed E-state index contributed by atoms with van der Waals surface area (Å²) in [5.74, 6) is 1.72. The molecule has 0 aliphatic carbocycles. The Balaban J connectivity index is 1.51. The Hall–Kier alpha value is -1.26. The van der Waals surface area contributed by atoms with Gasteiger partial charge in [-0.05, 0) is 82.1 Å². The molecule has 0 aromatic rings. The van der Waals surface area contributed by atoms with Crippen molar-refractivity contribution in [2.45, 2.75) is 91.6 Å². The van der Waals surface area contributed by atoms with E-state index in [0.29, 0.717) is 44.6 Å². The molecule has 2 heterocycles. The molecule has 2 aliphatic rings. The van der Waals surface area contributed by atoms with Gasteiger partial charge in [-0.3, -0.25) is 14.5 Å². The first-order chi connectivity index (χ1) is 19.0. The van der Waals surface area contributed by atoms with Crippen LogP contribution in [0.2, 0.25) is 0 Å². The molecule has 2 amide bonds. The molecule has 0 spiro atoms. The number of hydrogen-bond donors (Lipinski definition) is 4. The Morgan fingerprint density at radius 2 is 1.43 bits per heavy atom. The van der Waals surface area contributed by atoms with E-state index < -0.39 is 6.10 Å². The van der Waals surface area contributed by atoms with Crippen LogP contribution in [0.15, 0.2) is 0 Å². The van der Waals surface area contributed by atoms with Gasteiger partial charge in [-0.15, -0.1) is 0 Å². The smallest absolute Gasteiger partial charge is 0.221 e. The number of amides is 2. The molecule has 0 radical (unpaired) electrons. The first-order valence-corrected chi connectivity index (χ1v) is 16.0. The van der Waals surface area contributed by atoms with Crippen LogP contribution < -0.4 is 10.6 Å². The molecule has 1 atom stereocenters. The van der Waals surface area contributed by atoms with Gasteiger partial charge in [0, 0.05) is 52.6 Å². The molecule has 40 heavy (non-hydrogen) atoms. The summed E-state index contributed by atoms with van der Waals surface area (Å²) >= 11 is 0. The normalized spacial score (nSPS) is 19.2. The number of carbonyl (C=O) groups is 2. The van der Waals surface area contributed by atoms with Crippen LogP contribution in [0.3, 0.4) is 0 Å². The van der Waals surface area contributed by atoms with Gasteiger partial charge in [0.2, 0.25) is 11.8 Å². The Kier molecular flexibility index (Phi) is 16.6. The van der Waals surface area contributed by atoms with Crippen LogP contribution in [-0.2, 0) is 9.59 Å². The molecule has 0 bridgehead atoms. The molecule has 2 aliphatic heterocycles. The number of aliphatic hydroxyl groups is 2. The number of hydrogen-bond acceptors (Lipinski definition) is 7. The highest BCUT2D eigenvalue weighted by Gasteiger charge is 2.23. The monoisotopic (exact) mass is 567 g/mol. The van der Waals surface area contributed by atoms with E-state index in [9.17, 15) is 14.7 Å². The van der Waals surface area contributed by atoms with Gasteiger partial charge >= 0.3 is 0 Å². The molecule has 234 valence electrons. The molecular formula is C31H61N5O4. The molecule has 0 aromatic carbocycles. The highest BCUT2D eigenvalue weighted by Crippen LogP contribution is 2.28. The van der Waals surface area contributed by atoms with E-state index in [1.54, 1.807) is 0 Å². The maximum absolute atomic E-state index is 12.4. The second-order valence-corrected chi connectivity index (χ2v) is 13.5. The summed E-state index contributed by atoms with van der Waals surface area (Å²) in [7, 11) is 0. The second kappa shape index (κ2) is 19.0. The fraction of sp³-hybridized carbons (Fsp3) is 0.935. The summed E-state index contributed by atoms with van der Waals surface area (Å²) in [6, 6.07) is 0. The third-order valence-electron chi connectivity index (χ3n) is 8.70. The standard InChI is InChI=1S/C31H61N5O4/c1-26(38)32-14-22-36(24-29(39)25-37)23-15-33-30(40)12-20-34-16-8-27(9-17-34)6-5-7-28-10-18-35(19-11-28)21-13-31(2,3)4/h27-29,37,39H,5-25H2,1-4H3,(H,32,38)(H,33,40). The molecular weight excluding hydrogens is 506 g/mol. The second-order valence-electron chi connectivity index (χ2n) is 13.5. The van der Waals surface area contributed by atoms with Gasteiger partial charge in [-0.25, -0.2) is 0 Å². The molecule has 1 unspecified atom stereocenters. The van der Waals surface area contributed by atoms with E-state index in [1.807, 2.05) is 4.90 Å². The molecule has 0 aromatic heterocycles. The molecule has 9 nitrogen and oxygen atoms in total. The van der Waals surface area contributed by atoms with Crippen molar-refractivity contribution < 1.29 is 19.8 Å². The van der Waals surface area contributed by atoms with Gasteiger partial charge in [-0.2, -0.15) is 0 Å². The van der Waals surface area contributed by atoms with Crippen LogP contribution in [0.4, 0.5) is 0 Å². The van der Waals surface area contributed by atoms with E-state index in [4.69, 9.17) is 5.11 Å². The Morgan fingerprint density at radius 1 is 0.900 bits per heavy atom. The third kappa shape index (κ3) is 16.2. The van der Waals surface area contributed by atoms with Crippen molar-refractivity contribution >= 4 is 11.8 Å². The predicted octanol–water partition coefficient (Wildman–Crippen LogP) is 2.31. The van der Waals surface area contributed by atoms with E-state index in [1.165, 1.54) is 77.9 Å². The van der Waals surface area contributed by atoms with Crippen molar-refractivity contribution in [2.24, 2.45) is 17.3 Å². The van der Waals surface area contributed by atoms with Crippen LogP contribution in [-0.4, -0.2) is 121 Å². The van der Waals surface area contributed by atoms with Crippen LogP contribution in [0.1, 0.15) is 85.5 Å². The Bertz CT molecular complexity index is 700. The van der Waals surface area contributed by atoms with Gasteiger partial charge < -0.3 is 30.6 Å². The lowest BCUT2D eigenvalue weighted by Crippen LogP contribution is -2.43. The first-order valence-electron chi connectivity index (χ1n) is 16.0. The summed E-state index contributed by atoms with van der Waals surface area (Å²) in [5.41, 5.74) is 0.436. The molecule has 2 saturated heterocycles. The summed E-state index contributed by atoms with van der Waals surface area (Å²) in [6.07, 6.45) is 10.4. The van der Waals surface area contributed by atoms with Crippen molar-refractivity contribution in [3.05, 3.63) is 0 Å². The van der Waals surface area contributed by atoms with Gasteiger partial charge in [0.05, 0.1) is 12.7 Å². The number of rotatable bonds is 18. The zero-order valence-electron chi connectivity index (χ0n) is 26.1. The van der Waals surface area contributed by atoms with Gasteiger partial charge in [0.1, 0.15) is 0 Å². The lowest BCUT2D eigenvalue weighted by molar-refractivity contribution is -0.121. The number of carbonyl (C=O) groups excluding carboxylic acids is 2. The molecule has 4 N–H and O–H groups in total. The van der Waals surface area contributed by atoms with Crippen LogP contribution in [0.25, 0.3) is 0 Å². The van der Waals surface area contributed by atoms with Crippen molar-refractivity contribution in [1.29, 1.82) is 0 Å². The van der Waals surface area contributed by atoms with E-state index in [0.717, 1.165) is 31.5 Å². The number of piperidine rings is 2. The Morgan fingerprint density at radius 3 is 1.93 bits per heavy atom. The quantitative estimate of drug-likeness (QED) is 0.201. The lowest BCUT2D eigenvalue weighted by Gasteiger charge is -2.34. The Labute approximate surface area is 244 Å². The topological polar surface area (TPSA) is 108 Å². The van der Waals surface area contributed by atoms with Crippen molar-refractivity contribution in [3.63, 3.8) is 0 Å². The minimum Gasteiger partial charge on any atom is -0.394 e. The lowest BCUT2D eigenvalue weighted by atomic mass is 9.86. The maximum Gasteiger partial charge on any atom is 0.221 e. The number of nitrogens with one attached hydrogen (secondary N) is 2. The summed E-state index contributed by atoms with van der Waals surface area (Å²) in [6.45, 7) is 17.4. The summed E-state index contributed by atoms with van der Waals surface area (Å²) < 4.78 is 0. The average Bonchev–Trinajstić information content (AvgIpc) is 2.91. The summed E-state index contributed by atoms with van der Waals surface area (Å²) in [5, 5.41) is 24.6. The third-order valence-corrected chi connectivity index (χ3v) is 8.70. The summed E-state index contributed by atoms with van der Waals surface area (Å²) in [4.78, 5) is 30.5. The fourth-order valence-corrected chi connectivity index (χ4v) is 5.93. The van der Waals surface area contributed by atoms with Crippen LogP contribution >= 0.6 is 0 Å². The van der Waals surface area contributed by atoms with E-state index in [-0.39, 0.29) is 18.4 Å². The van der Waals surface area contributed by atoms with E-state index >= 15 is 0 Å². The van der Waals surface area contributed by atoms with Crippen molar-refractivity contribution in [1.82, 2.24) is 25.3 Å². The maximum atomic E-state index is 12.4. The number of aliphatic hydroxyl groups excluding tert-OH is 2. The highest BCUT2D eigenvalue weighted by atomic mass is 16.3. The molecule has 9 heteroatoms. The number of nitrogens with zero attached hydrogens (tertiary/aromatic N) is 3. The zero-order valence-corrected chi connectivity index (χ0v) is 26.1. The van der Waals surface area contributed by atoms with Gasteiger partial charge in [0.15, 0.2) is 0 Å². The highest BCUT2D eigenvalue weighted by molar-refractivity contribution is 5.76. The number of likely N-dealkylation sites (tertiary alicyclic amines) is 2.